The molecule has 1 aromatic rings. The quantitative estimate of drug-likeness (QED) is 0.832. The summed E-state index contributed by atoms with van der Waals surface area (Å²) in [4.78, 5) is 39.1. The van der Waals surface area contributed by atoms with Crippen molar-refractivity contribution in [2.45, 2.75) is 19.3 Å². The third-order valence-corrected chi connectivity index (χ3v) is 4.37. The van der Waals surface area contributed by atoms with Crippen LogP contribution in [0.3, 0.4) is 0 Å². The lowest BCUT2D eigenvalue weighted by atomic mass is 9.97. The molecule has 0 spiro atoms. The number of likely N-dealkylation sites (tertiary alicyclic amines) is 1. The summed E-state index contributed by atoms with van der Waals surface area (Å²) < 4.78 is 0.372. The lowest BCUT2D eigenvalue weighted by molar-refractivity contribution is -0.134. The topological polar surface area (TPSA) is 96.3 Å². The number of amides is 2. The first-order valence-corrected chi connectivity index (χ1v) is 7.21. The van der Waals surface area contributed by atoms with Crippen molar-refractivity contribution in [2.24, 2.45) is 11.7 Å². The van der Waals surface area contributed by atoms with E-state index in [1.165, 1.54) is 6.20 Å². The number of rotatable bonds is 3. The molecule has 3 N–H and O–H groups in total. The van der Waals surface area contributed by atoms with Crippen LogP contribution in [0.5, 0.6) is 0 Å². The first-order valence-electron chi connectivity index (χ1n) is 6.42. The molecule has 20 heavy (non-hydrogen) atoms. The molecule has 1 aromatic heterocycles. The summed E-state index contributed by atoms with van der Waals surface area (Å²) in [5, 5.41) is 0. The minimum Gasteiger partial charge on any atom is -0.369 e. The summed E-state index contributed by atoms with van der Waals surface area (Å²) >= 11 is 3.18. The smallest absolute Gasteiger partial charge is 0.262 e. The summed E-state index contributed by atoms with van der Waals surface area (Å²) in [6, 6.07) is 1.69. The van der Waals surface area contributed by atoms with Crippen molar-refractivity contribution in [3.63, 3.8) is 0 Å². The van der Waals surface area contributed by atoms with E-state index < -0.39 is 0 Å². The first-order chi connectivity index (χ1) is 9.49. The van der Waals surface area contributed by atoms with Gasteiger partial charge in [0.25, 0.3) is 5.56 Å². The second-order valence-electron chi connectivity index (χ2n) is 4.90. The number of aromatic amines is 1. The maximum atomic E-state index is 12.2. The van der Waals surface area contributed by atoms with Gasteiger partial charge in [-0.1, -0.05) is 0 Å². The molecule has 1 saturated heterocycles. The highest BCUT2D eigenvalue weighted by Gasteiger charge is 2.27. The minimum absolute atomic E-state index is 0.0951. The zero-order valence-electron chi connectivity index (χ0n) is 10.9. The third-order valence-electron chi connectivity index (χ3n) is 3.50. The molecule has 2 rings (SSSR count). The summed E-state index contributed by atoms with van der Waals surface area (Å²) in [6.07, 6.45) is 3.15. The van der Waals surface area contributed by atoms with Gasteiger partial charge in [0.15, 0.2) is 0 Å². The number of primary amides is 1. The van der Waals surface area contributed by atoms with E-state index in [-0.39, 0.29) is 29.7 Å². The van der Waals surface area contributed by atoms with Gasteiger partial charge >= 0.3 is 0 Å². The highest BCUT2D eigenvalue weighted by atomic mass is 79.9. The Morgan fingerprint density at radius 2 is 2.25 bits per heavy atom. The Balaban J connectivity index is 2.06. The molecule has 0 saturated carbocycles. The van der Waals surface area contributed by atoms with E-state index in [4.69, 9.17) is 5.73 Å². The Hall–Kier alpha value is -1.63. The predicted octanol–water partition coefficient (Wildman–Crippen LogP) is 0.404. The van der Waals surface area contributed by atoms with Crippen LogP contribution < -0.4 is 11.3 Å². The molecule has 1 aliphatic rings. The number of nitrogens with two attached hydrogens (primary N) is 1. The molecule has 2 heterocycles. The Morgan fingerprint density at radius 3 is 2.95 bits per heavy atom. The molecular weight excluding hydrogens is 326 g/mol. The van der Waals surface area contributed by atoms with Gasteiger partial charge in [0.1, 0.15) is 0 Å². The van der Waals surface area contributed by atoms with Gasteiger partial charge in [-0.15, -0.1) is 0 Å². The van der Waals surface area contributed by atoms with E-state index in [2.05, 4.69) is 20.9 Å². The fourth-order valence-corrected chi connectivity index (χ4v) is 2.73. The van der Waals surface area contributed by atoms with Gasteiger partial charge in [-0.2, -0.15) is 0 Å². The molecular formula is C13H16BrN3O3. The van der Waals surface area contributed by atoms with Gasteiger partial charge in [-0.3, -0.25) is 14.4 Å². The van der Waals surface area contributed by atoms with Gasteiger partial charge < -0.3 is 15.6 Å². The van der Waals surface area contributed by atoms with E-state index in [0.717, 1.165) is 12.8 Å². The molecule has 108 valence electrons. The minimum atomic E-state index is -0.361. The van der Waals surface area contributed by atoms with Crippen molar-refractivity contribution < 1.29 is 9.59 Å². The van der Waals surface area contributed by atoms with E-state index in [1.54, 1.807) is 11.0 Å². The maximum Gasteiger partial charge on any atom is 0.262 e. The zero-order valence-corrected chi connectivity index (χ0v) is 12.5. The van der Waals surface area contributed by atoms with Crippen molar-refractivity contribution in [2.75, 3.05) is 13.1 Å². The normalized spacial score (nSPS) is 18.9. The lowest BCUT2D eigenvalue weighted by Crippen LogP contribution is -2.44. The van der Waals surface area contributed by atoms with Crippen LogP contribution in [0.15, 0.2) is 21.5 Å². The number of H-pyrrole nitrogens is 1. The van der Waals surface area contributed by atoms with E-state index >= 15 is 0 Å². The lowest BCUT2D eigenvalue weighted by Gasteiger charge is -2.31. The fourth-order valence-electron chi connectivity index (χ4n) is 2.35. The molecule has 2 amide bonds. The number of aromatic nitrogens is 1. The van der Waals surface area contributed by atoms with E-state index in [1.807, 2.05) is 0 Å². The molecule has 7 heteroatoms. The highest BCUT2D eigenvalue weighted by Crippen LogP contribution is 2.18. The standard InChI is InChI=1S/C13H16BrN3O3/c14-11-8(3-4-16-13(11)20)6-10(18)17-5-1-2-9(7-17)12(15)19/h3-4,9H,1-2,5-7H2,(H2,15,19)(H,16,20)/t9-/m0/s1. The number of pyridine rings is 1. The Labute approximate surface area is 124 Å². The fraction of sp³-hybridized carbons (Fsp3) is 0.462. The summed E-state index contributed by atoms with van der Waals surface area (Å²) in [5.74, 6) is -0.725. The van der Waals surface area contributed by atoms with Gasteiger partial charge in [0, 0.05) is 19.3 Å². The summed E-state index contributed by atoms with van der Waals surface area (Å²) in [6.45, 7) is 0.998. The van der Waals surface area contributed by atoms with Crippen LogP contribution >= 0.6 is 15.9 Å². The van der Waals surface area contributed by atoms with Gasteiger partial charge in [-0.25, -0.2) is 0 Å². The molecule has 1 aliphatic heterocycles. The van der Waals surface area contributed by atoms with Crippen LogP contribution in [0.25, 0.3) is 0 Å². The summed E-state index contributed by atoms with van der Waals surface area (Å²) in [7, 11) is 0. The SMILES string of the molecule is NC(=O)[C@H]1CCCN(C(=O)Cc2cc[nH]c(=O)c2Br)C1. The molecule has 1 atom stereocenters. The second kappa shape index (κ2) is 6.21. The van der Waals surface area contributed by atoms with Crippen molar-refractivity contribution in [3.05, 3.63) is 32.7 Å². The van der Waals surface area contributed by atoms with Crippen LogP contribution in [0, 0.1) is 5.92 Å². The van der Waals surface area contributed by atoms with Crippen molar-refractivity contribution in [1.29, 1.82) is 0 Å². The van der Waals surface area contributed by atoms with Crippen LogP contribution in [-0.4, -0.2) is 34.8 Å². The Morgan fingerprint density at radius 1 is 1.50 bits per heavy atom. The molecule has 0 aliphatic carbocycles. The number of nitrogens with zero attached hydrogens (tertiary/aromatic N) is 1. The number of carbonyl (C=O) groups is 2. The summed E-state index contributed by atoms with van der Waals surface area (Å²) in [5.41, 5.74) is 5.67. The van der Waals surface area contributed by atoms with Crippen LogP contribution in [0.1, 0.15) is 18.4 Å². The average Bonchev–Trinajstić information content (AvgIpc) is 2.44. The van der Waals surface area contributed by atoms with Crippen LogP contribution in [0.4, 0.5) is 0 Å². The van der Waals surface area contributed by atoms with Crippen LogP contribution in [-0.2, 0) is 16.0 Å². The number of piperidine rings is 1. The number of hydrogen-bond donors (Lipinski definition) is 2. The van der Waals surface area contributed by atoms with Crippen molar-refractivity contribution >= 4 is 27.7 Å². The third kappa shape index (κ3) is 3.27. The van der Waals surface area contributed by atoms with Crippen LogP contribution in [0.2, 0.25) is 0 Å². The number of hydrogen-bond acceptors (Lipinski definition) is 3. The molecule has 0 unspecified atom stereocenters. The Bertz CT molecular complexity index is 584. The average molecular weight is 342 g/mol. The molecule has 0 bridgehead atoms. The van der Waals surface area contributed by atoms with Gasteiger partial charge in [0.2, 0.25) is 11.8 Å². The molecule has 0 radical (unpaired) electrons. The molecule has 1 fully saturated rings. The highest BCUT2D eigenvalue weighted by molar-refractivity contribution is 9.10. The van der Waals surface area contributed by atoms with E-state index in [9.17, 15) is 14.4 Å². The largest absolute Gasteiger partial charge is 0.369 e. The van der Waals surface area contributed by atoms with E-state index in [0.29, 0.717) is 23.1 Å². The zero-order chi connectivity index (χ0) is 14.7. The Kier molecular flexibility index (Phi) is 4.59. The molecule has 6 nitrogen and oxygen atoms in total. The number of nitrogens with one attached hydrogen (secondary N) is 1. The first kappa shape index (κ1) is 14.8. The molecule has 0 aromatic carbocycles. The second-order valence-corrected chi connectivity index (χ2v) is 5.70. The predicted molar refractivity (Wildman–Crippen MR) is 77.0 cm³/mol. The number of carbonyl (C=O) groups excluding carboxylic acids is 2. The van der Waals surface area contributed by atoms with Gasteiger partial charge in [-0.05, 0) is 40.4 Å². The van der Waals surface area contributed by atoms with Gasteiger partial charge in [0.05, 0.1) is 16.8 Å². The van der Waals surface area contributed by atoms with Crippen molar-refractivity contribution in [3.8, 4) is 0 Å². The maximum absolute atomic E-state index is 12.2. The monoisotopic (exact) mass is 341 g/mol. The number of halogens is 1. The van der Waals surface area contributed by atoms with Crippen molar-refractivity contribution in [1.82, 2.24) is 9.88 Å².